The van der Waals surface area contributed by atoms with E-state index in [-0.39, 0.29) is 24.3 Å². The first-order valence-corrected chi connectivity index (χ1v) is 11.8. The standard InChI is InChI=1S/C25H22F6N4O3/c26-24(27,28)19-22(37-19)34-12-10-17(11-13-34)21(36)35(18-4-2-1-3-5-18)14-15-6-8-16(9-7-15)20-32-33-23(38-20)25(29,30)31/h1-9,17,19,22H,10-14H2. The number of benzene rings is 2. The van der Waals surface area contributed by atoms with Crippen LogP contribution in [0.4, 0.5) is 32.0 Å². The van der Waals surface area contributed by atoms with Crippen LogP contribution in [0, 0.1) is 5.92 Å². The molecule has 3 aromatic rings. The number of epoxide rings is 1. The van der Waals surface area contributed by atoms with Gasteiger partial charge in [-0.1, -0.05) is 30.3 Å². The Morgan fingerprint density at radius 1 is 0.947 bits per heavy atom. The number of rotatable bonds is 6. The Bertz CT molecular complexity index is 1250. The molecule has 38 heavy (non-hydrogen) atoms. The molecule has 2 unspecified atom stereocenters. The van der Waals surface area contributed by atoms with Crippen molar-refractivity contribution in [1.82, 2.24) is 15.1 Å². The van der Waals surface area contributed by atoms with E-state index in [0.29, 0.717) is 42.7 Å². The maximum atomic E-state index is 13.6. The number of carbonyl (C=O) groups is 1. The zero-order valence-corrected chi connectivity index (χ0v) is 19.7. The Morgan fingerprint density at radius 2 is 1.61 bits per heavy atom. The van der Waals surface area contributed by atoms with Gasteiger partial charge < -0.3 is 14.1 Å². The summed E-state index contributed by atoms with van der Waals surface area (Å²) in [5, 5.41) is 6.47. The summed E-state index contributed by atoms with van der Waals surface area (Å²) in [5.74, 6) is -2.26. The molecule has 13 heteroatoms. The number of hydrogen-bond acceptors (Lipinski definition) is 6. The predicted molar refractivity (Wildman–Crippen MR) is 121 cm³/mol. The summed E-state index contributed by atoms with van der Waals surface area (Å²) < 4.78 is 86.3. The van der Waals surface area contributed by atoms with E-state index >= 15 is 0 Å². The van der Waals surface area contributed by atoms with E-state index in [1.165, 1.54) is 12.1 Å². The number of ether oxygens (including phenoxy) is 1. The third-order valence-corrected chi connectivity index (χ3v) is 6.57. The van der Waals surface area contributed by atoms with Gasteiger partial charge in [-0.15, -0.1) is 10.2 Å². The molecule has 2 aromatic carbocycles. The number of nitrogens with zero attached hydrogens (tertiary/aromatic N) is 4. The lowest BCUT2D eigenvalue weighted by Gasteiger charge is -2.34. The van der Waals surface area contributed by atoms with Crippen LogP contribution in [0.3, 0.4) is 0 Å². The molecule has 0 aliphatic carbocycles. The summed E-state index contributed by atoms with van der Waals surface area (Å²) in [6.45, 7) is 0.813. The number of amides is 1. The Hall–Kier alpha value is -3.45. The van der Waals surface area contributed by atoms with Crippen LogP contribution in [0.15, 0.2) is 59.0 Å². The topological polar surface area (TPSA) is 75.0 Å². The van der Waals surface area contributed by atoms with Crippen molar-refractivity contribution in [3.8, 4) is 11.5 Å². The average Bonchev–Trinajstić information content (AvgIpc) is 3.56. The van der Waals surface area contributed by atoms with E-state index in [4.69, 9.17) is 9.15 Å². The zero-order chi connectivity index (χ0) is 27.1. The van der Waals surface area contributed by atoms with Crippen molar-refractivity contribution in [1.29, 1.82) is 0 Å². The molecule has 3 heterocycles. The smallest absolute Gasteiger partial charge is 0.413 e. The van der Waals surface area contributed by atoms with Gasteiger partial charge in [-0.2, -0.15) is 26.3 Å². The Morgan fingerprint density at radius 3 is 2.16 bits per heavy atom. The summed E-state index contributed by atoms with van der Waals surface area (Å²) in [6.07, 6.45) is -11.1. The van der Waals surface area contributed by atoms with Crippen LogP contribution >= 0.6 is 0 Å². The third-order valence-electron chi connectivity index (χ3n) is 6.57. The van der Waals surface area contributed by atoms with E-state index in [1.54, 1.807) is 46.2 Å². The van der Waals surface area contributed by atoms with Gasteiger partial charge in [-0.3, -0.25) is 9.69 Å². The van der Waals surface area contributed by atoms with Crippen LogP contribution in [0.2, 0.25) is 0 Å². The minimum Gasteiger partial charge on any atom is -0.413 e. The number of alkyl halides is 6. The fourth-order valence-electron chi connectivity index (χ4n) is 4.54. The van der Waals surface area contributed by atoms with Crippen LogP contribution in [0.25, 0.3) is 11.5 Å². The first kappa shape index (κ1) is 26.2. The van der Waals surface area contributed by atoms with Crippen LogP contribution < -0.4 is 4.90 Å². The molecular weight excluding hydrogens is 518 g/mol. The molecule has 0 spiro atoms. The van der Waals surface area contributed by atoms with Gasteiger partial charge in [0.05, 0.1) is 6.54 Å². The molecular formula is C25H22F6N4O3. The highest BCUT2D eigenvalue weighted by atomic mass is 19.4. The molecule has 7 nitrogen and oxygen atoms in total. The zero-order valence-electron chi connectivity index (χ0n) is 19.7. The van der Waals surface area contributed by atoms with Gasteiger partial charge >= 0.3 is 18.2 Å². The predicted octanol–water partition coefficient (Wildman–Crippen LogP) is 5.29. The molecule has 2 aliphatic heterocycles. The molecule has 202 valence electrons. The second-order valence-corrected chi connectivity index (χ2v) is 9.17. The lowest BCUT2D eigenvalue weighted by atomic mass is 9.94. The maximum Gasteiger partial charge on any atom is 0.470 e. The van der Waals surface area contributed by atoms with Gasteiger partial charge in [0, 0.05) is 30.3 Å². The molecule has 1 aromatic heterocycles. The number of piperidine rings is 1. The SMILES string of the molecule is O=C(C1CCN(C2OC2C(F)(F)F)CC1)N(Cc1ccc(-c2nnc(C(F)(F)F)o2)cc1)c1ccccc1. The van der Waals surface area contributed by atoms with E-state index in [2.05, 4.69) is 10.2 Å². The number of carbonyl (C=O) groups excluding carboxylic acids is 1. The van der Waals surface area contributed by atoms with Crippen molar-refractivity contribution in [2.24, 2.45) is 5.92 Å². The van der Waals surface area contributed by atoms with Crippen molar-refractivity contribution in [3.63, 3.8) is 0 Å². The normalized spacial score (nSPS) is 20.9. The first-order chi connectivity index (χ1) is 18.0. The minimum atomic E-state index is -4.75. The van der Waals surface area contributed by atoms with Crippen molar-refractivity contribution < 1.29 is 40.3 Å². The molecule has 2 aliphatic rings. The van der Waals surface area contributed by atoms with Gasteiger partial charge in [0.2, 0.25) is 11.8 Å². The summed E-state index contributed by atoms with van der Waals surface area (Å²) >= 11 is 0. The lowest BCUT2D eigenvalue weighted by Crippen LogP contribution is -2.44. The largest absolute Gasteiger partial charge is 0.470 e. The van der Waals surface area contributed by atoms with Crippen molar-refractivity contribution in [2.45, 2.75) is 44.1 Å². The van der Waals surface area contributed by atoms with Gasteiger partial charge in [0.15, 0.2) is 6.10 Å². The van der Waals surface area contributed by atoms with Gasteiger partial charge in [-0.05, 0) is 42.7 Å². The Kier molecular flexibility index (Phi) is 6.90. The number of aromatic nitrogens is 2. The van der Waals surface area contributed by atoms with Gasteiger partial charge in [0.1, 0.15) is 6.23 Å². The molecule has 2 saturated heterocycles. The Balaban J connectivity index is 1.27. The number of para-hydroxylation sites is 1. The summed E-state index contributed by atoms with van der Waals surface area (Å²) in [6, 6.07) is 15.3. The molecule has 0 bridgehead atoms. The highest BCUT2D eigenvalue weighted by Crippen LogP contribution is 2.41. The number of halogens is 6. The molecule has 5 rings (SSSR count). The second-order valence-electron chi connectivity index (χ2n) is 9.17. The van der Waals surface area contributed by atoms with Crippen LogP contribution in [0.1, 0.15) is 24.3 Å². The van der Waals surface area contributed by atoms with Crippen molar-refractivity contribution in [2.75, 3.05) is 18.0 Å². The number of hydrogen-bond donors (Lipinski definition) is 0. The number of anilines is 1. The first-order valence-electron chi connectivity index (χ1n) is 11.8. The fraction of sp³-hybridized carbons (Fsp3) is 0.400. The molecule has 0 saturated carbocycles. The van der Waals surface area contributed by atoms with E-state index in [0.717, 1.165) is 0 Å². The second kappa shape index (κ2) is 10.0. The third kappa shape index (κ3) is 5.68. The summed E-state index contributed by atoms with van der Waals surface area (Å²) in [5.41, 5.74) is 1.65. The van der Waals surface area contributed by atoms with Gasteiger partial charge in [0.25, 0.3) is 0 Å². The fourth-order valence-corrected chi connectivity index (χ4v) is 4.54. The highest BCUT2D eigenvalue weighted by molar-refractivity contribution is 5.95. The van der Waals surface area contributed by atoms with Gasteiger partial charge in [-0.25, -0.2) is 0 Å². The molecule has 0 N–H and O–H groups in total. The number of likely N-dealkylation sites (tertiary alicyclic amines) is 1. The highest BCUT2D eigenvalue weighted by Gasteiger charge is 2.60. The summed E-state index contributed by atoms with van der Waals surface area (Å²) in [4.78, 5) is 16.8. The average molecular weight is 540 g/mol. The quantitative estimate of drug-likeness (QED) is 0.313. The van der Waals surface area contributed by atoms with Crippen molar-refractivity contribution >= 4 is 11.6 Å². The van der Waals surface area contributed by atoms with E-state index in [9.17, 15) is 31.1 Å². The molecule has 2 fully saturated rings. The maximum absolute atomic E-state index is 13.6. The summed E-state index contributed by atoms with van der Waals surface area (Å²) in [7, 11) is 0. The molecule has 0 radical (unpaired) electrons. The van der Waals surface area contributed by atoms with E-state index in [1.807, 2.05) is 6.07 Å². The van der Waals surface area contributed by atoms with Crippen LogP contribution in [0.5, 0.6) is 0 Å². The van der Waals surface area contributed by atoms with E-state index < -0.39 is 30.6 Å². The Labute approximate surface area is 213 Å². The monoisotopic (exact) mass is 540 g/mol. The lowest BCUT2D eigenvalue weighted by molar-refractivity contribution is -0.157. The van der Waals surface area contributed by atoms with Crippen LogP contribution in [-0.4, -0.2) is 52.6 Å². The minimum absolute atomic E-state index is 0.157. The molecule has 1 amide bonds. The van der Waals surface area contributed by atoms with Crippen molar-refractivity contribution in [3.05, 3.63) is 66.1 Å². The van der Waals surface area contributed by atoms with Crippen LogP contribution in [-0.2, 0) is 22.3 Å². The molecule has 2 atom stereocenters.